The molecule has 1 aromatic carbocycles. The number of anilines is 1. The first-order valence-corrected chi connectivity index (χ1v) is 7.86. The summed E-state index contributed by atoms with van der Waals surface area (Å²) in [4.78, 5) is 31.4. The average molecular weight is 328 g/mol. The first-order valence-electron chi connectivity index (χ1n) is 7.86. The Bertz CT molecular complexity index is 690. The van der Waals surface area contributed by atoms with Crippen LogP contribution in [-0.2, 0) is 6.54 Å². The maximum Gasteiger partial charge on any atom is 0.317 e. The summed E-state index contributed by atoms with van der Waals surface area (Å²) in [5.74, 6) is 0.697. The van der Waals surface area contributed by atoms with Gasteiger partial charge in [-0.2, -0.15) is 5.10 Å². The molecule has 2 heterocycles. The highest BCUT2D eigenvalue weighted by Crippen LogP contribution is 2.17. The number of amides is 2. The fourth-order valence-electron chi connectivity index (χ4n) is 2.66. The van der Waals surface area contributed by atoms with Crippen LogP contribution in [-0.4, -0.2) is 58.1 Å². The van der Waals surface area contributed by atoms with Crippen LogP contribution >= 0.6 is 0 Å². The normalized spacial score (nSPS) is 14.5. The van der Waals surface area contributed by atoms with Crippen molar-refractivity contribution in [3.63, 3.8) is 0 Å². The van der Waals surface area contributed by atoms with Gasteiger partial charge in [0, 0.05) is 37.4 Å². The van der Waals surface area contributed by atoms with Gasteiger partial charge in [0.1, 0.15) is 12.2 Å². The molecule has 126 valence electrons. The van der Waals surface area contributed by atoms with Crippen molar-refractivity contribution in [3.8, 4) is 0 Å². The van der Waals surface area contributed by atoms with Crippen LogP contribution in [0.4, 0.5) is 10.5 Å². The van der Waals surface area contributed by atoms with Gasteiger partial charge in [-0.05, 0) is 31.2 Å². The van der Waals surface area contributed by atoms with Crippen molar-refractivity contribution in [2.24, 2.45) is 0 Å². The zero-order valence-corrected chi connectivity index (χ0v) is 13.5. The third-order valence-corrected chi connectivity index (χ3v) is 4.08. The largest absolute Gasteiger partial charge is 0.368 e. The highest BCUT2D eigenvalue weighted by atomic mass is 16.2. The molecular weight excluding hydrogens is 308 g/mol. The predicted molar refractivity (Wildman–Crippen MR) is 88.9 cm³/mol. The SMILES string of the molecule is CC(=O)c1ccc(N2CCN(C(=O)NCc3ncn[nH]3)CC2)cc1. The standard InChI is InChI=1S/C16H20N6O2/c1-12(23)13-2-4-14(5-3-13)21-6-8-22(9-7-21)16(24)17-10-15-18-11-19-20-15/h2-5,11H,6-10H2,1H3,(H,17,24)(H,18,19,20). The van der Waals surface area contributed by atoms with E-state index in [0.717, 1.165) is 18.8 Å². The van der Waals surface area contributed by atoms with Crippen LogP contribution in [0.25, 0.3) is 0 Å². The Balaban J connectivity index is 1.49. The van der Waals surface area contributed by atoms with Gasteiger partial charge < -0.3 is 15.1 Å². The predicted octanol–water partition coefficient (Wildman–Crippen LogP) is 1.04. The fourth-order valence-corrected chi connectivity index (χ4v) is 2.66. The quantitative estimate of drug-likeness (QED) is 0.818. The molecule has 0 saturated carbocycles. The van der Waals surface area contributed by atoms with Crippen LogP contribution in [0.2, 0.25) is 0 Å². The molecule has 0 radical (unpaired) electrons. The lowest BCUT2D eigenvalue weighted by molar-refractivity contribution is 0.101. The number of benzene rings is 1. The molecule has 1 fully saturated rings. The minimum atomic E-state index is -0.0991. The number of H-pyrrole nitrogens is 1. The van der Waals surface area contributed by atoms with E-state index in [1.54, 1.807) is 11.8 Å². The number of piperazine rings is 1. The molecular formula is C16H20N6O2. The number of nitrogens with one attached hydrogen (secondary N) is 2. The Labute approximate surface area is 139 Å². The maximum absolute atomic E-state index is 12.2. The van der Waals surface area contributed by atoms with Crippen molar-refractivity contribution in [1.82, 2.24) is 25.4 Å². The molecule has 1 aromatic heterocycles. The molecule has 8 heteroatoms. The minimum Gasteiger partial charge on any atom is -0.368 e. The molecule has 1 aliphatic heterocycles. The topological polar surface area (TPSA) is 94.2 Å². The molecule has 0 unspecified atom stereocenters. The van der Waals surface area contributed by atoms with Gasteiger partial charge >= 0.3 is 6.03 Å². The van der Waals surface area contributed by atoms with Crippen molar-refractivity contribution >= 4 is 17.5 Å². The Hall–Kier alpha value is -2.90. The number of carbonyl (C=O) groups excluding carboxylic acids is 2. The summed E-state index contributed by atoms with van der Waals surface area (Å²) in [5, 5.41) is 9.28. The van der Waals surface area contributed by atoms with Gasteiger partial charge in [-0.15, -0.1) is 0 Å². The molecule has 1 aliphatic rings. The number of ketones is 1. The third kappa shape index (κ3) is 3.70. The van der Waals surface area contributed by atoms with Crippen LogP contribution in [0.1, 0.15) is 23.1 Å². The molecule has 2 amide bonds. The van der Waals surface area contributed by atoms with E-state index in [1.165, 1.54) is 6.33 Å². The first-order chi connectivity index (χ1) is 11.6. The van der Waals surface area contributed by atoms with Gasteiger partial charge in [0.15, 0.2) is 5.78 Å². The van der Waals surface area contributed by atoms with Crippen molar-refractivity contribution in [2.75, 3.05) is 31.1 Å². The molecule has 2 N–H and O–H groups in total. The molecule has 3 rings (SSSR count). The highest BCUT2D eigenvalue weighted by Gasteiger charge is 2.21. The molecule has 0 aliphatic carbocycles. The van der Waals surface area contributed by atoms with E-state index >= 15 is 0 Å². The van der Waals surface area contributed by atoms with Crippen molar-refractivity contribution in [1.29, 1.82) is 0 Å². The average Bonchev–Trinajstić information content (AvgIpc) is 3.13. The summed E-state index contributed by atoms with van der Waals surface area (Å²) in [6.45, 7) is 4.72. The van der Waals surface area contributed by atoms with E-state index in [0.29, 0.717) is 31.0 Å². The first kappa shape index (κ1) is 16.0. The molecule has 1 saturated heterocycles. The number of carbonyl (C=O) groups is 2. The Morgan fingerprint density at radius 1 is 1.17 bits per heavy atom. The van der Waals surface area contributed by atoms with Crippen molar-refractivity contribution in [3.05, 3.63) is 42.0 Å². The summed E-state index contributed by atoms with van der Waals surface area (Å²) in [7, 11) is 0. The lowest BCUT2D eigenvalue weighted by atomic mass is 10.1. The van der Waals surface area contributed by atoms with Gasteiger partial charge in [0.05, 0.1) is 6.54 Å². The lowest BCUT2D eigenvalue weighted by Gasteiger charge is -2.36. The van der Waals surface area contributed by atoms with Crippen LogP contribution in [0.3, 0.4) is 0 Å². The van der Waals surface area contributed by atoms with Gasteiger partial charge in [0.2, 0.25) is 0 Å². The molecule has 0 spiro atoms. The minimum absolute atomic E-state index is 0.0646. The van der Waals surface area contributed by atoms with Crippen LogP contribution < -0.4 is 10.2 Å². The summed E-state index contributed by atoms with van der Waals surface area (Å²) in [6.07, 6.45) is 1.41. The van der Waals surface area contributed by atoms with Crippen molar-refractivity contribution < 1.29 is 9.59 Å². The Morgan fingerprint density at radius 3 is 2.46 bits per heavy atom. The van der Waals surface area contributed by atoms with Gasteiger partial charge in [-0.1, -0.05) is 0 Å². The van der Waals surface area contributed by atoms with Gasteiger partial charge in [-0.25, -0.2) is 9.78 Å². The van der Waals surface area contributed by atoms with Gasteiger partial charge in [-0.3, -0.25) is 9.89 Å². The summed E-state index contributed by atoms with van der Waals surface area (Å²) < 4.78 is 0. The number of hydrogen-bond acceptors (Lipinski definition) is 5. The number of aromatic nitrogens is 3. The van der Waals surface area contributed by atoms with E-state index in [2.05, 4.69) is 25.4 Å². The summed E-state index contributed by atoms with van der Waals surface area (Å²) in [6, 6.07) is 7.49. The zero-order valence-electron chi connectivity index (χ0n) is 13.5. The molecule has 2 aromatic rings. The fraction of sp³-hybridized carbons (Fsp3) is 0.375. The van der Waals surface area contributed by atoms with Crippen LogP contribution in [0.15, 0.2) is 30.6 Å². The Morgan fingerprint density at radius 2 is 1.88 bits per heavy atom. The van der Waals surface area contributed by atoms with Crippen LogP contribution in [0, 0.1) is 0 Å². The summed E-state index contributed by atoms with van der Waals surface area (Å²) >= 11 is 0. The lowest BCUT2D eigenvalue weighted by Crippen LogP contribution is -2.51. The monoisotopic (exact) mass is 328 g/mol. The number of Topliss-reactive ketones (excluding diaryl/α,β-unsaturated/α-hetero) is 1. The highest BCUT2D eigenvalue weighted by molar-refractivity contribution is 5.94. The smallest absolute Gasteiger partial charge is 0.317 e. The van der Waals surface area contributed by atoms with Crippen molar-refractivity contribution in [2.45, 2.75) is 13.5 Å². The number of rotatable bonds is 4. The van der Waals surface area contributed by atoms with Gasteiger partial charge in [0.25, 0.3) is 0 Å². The van der Waals surface area contributed by atoms with E-state index in [9.17, 15) is 9.59 Å². The van der Waals surface area contributed by atoms with E-state index in [1.807, 2.05) is 24.3 Å². The van der Waals surface area contributed by atoms with Crippen LogP contribution in [0.5, 0.6) is 0 Å². The van der Waals surface area contributed by atoms with E-state index in [-0.39, 0.29) is 11.8 Å². The van der Waals surface area contributed by atoms with E-state index in [4.69, 9.17) is 0 Å². The third-order valence-electron chi connectivity index (χ3n) is 4.08. The molecule has 8 nitrogen and oxygen atoms in total. The number of hydrogen-bond donors (Lipinski definition) is 2. The molecule has 0 bridgehead atoms. The second-order valence-electron chi connectivity index (χ2n) is 5.67. The summed E-state index contributed by atoms with van der Waals surface area (Å²) in [5.41, 5.74) is 1.78. The number of urea groups is 1. The second kappa shape index (κ2) is 7.12. The second-order valence-corrected chi connectivity index (χ2v) is 5.67. The zero-order chi connectivity index (χ0) is 16.9. The van der Waals surface area contributed by atoms with E-state index < -0.39 is 0 Å². The number of nitrogens with zero attached hydrogens (tertiary/aromatic N) is 4. The molecule has 0 atom stereocenters. The maximum atomic E-state index is 12.2. The number of aromatic amines is 1. The Kier molecular flexibility index (Phi) is 4.74. The molecule has 24 heavy (non-hydrogen) atoms.